The van der Waals surface area contributed by atoms with Gasteiger partial charge in [0.2, 0.25) is 5.91 Å². The predicted octanol–water partition coefficient (Wildman–Crippen LogP) is 0.558. The van der Waals surface area contributed by atoms with E-state index in [2.05, 4.69) is 12.2 Å². The summed E-state index contributed by atoms with van der Waals surface area (Å²) >= 11 is 0. The number of fused-ring (bicyclic) bond motifs is 1. The van der Waals surface area contributed by atoms with E-state index in [-0.39, 0.29) is 11.9 Å². The average Bonchev–Trinajstić information content (AvgIpc) is 2.90. The van der Waals surface area contributed by atoms with Crippen molar-refractivity contribution in [3.8, 4) is 0 Å². The quantitative estimate of drug-likeness (QED) is 0.812. The lowest BCUT2D eigenvalue weighted by Gasteiger charge is -2.29. The second-order valence-electron chi connectivity index (χ2n) is 6.58. The molecule has 3 rings (SSSR count). The summed E-state index contributed by atoms with van der Waals surface area (Å²) in [5, 5.41) is 3.11. The van der Waals surface area contributed by atoms with Gasteiger partial charge in [0, 0.05) is 31.8 Å². The second kappa shape index (κ2) is 7.66. The summed E-state index contributed by atoms with van der Waals surface area (Å²) in [6.45, 7) is 6.04. The van der Waals surface area contributed by atoms with E-state index in [1.165, 1.54) is 17.5 Å². The van der Waals surface area contributed by atoms with Crippen LogP contribution in [0.5, 0.6) is 0 Å². The summed E-state index contributed by atoms with van der Waals surface area (Å²) in [6, 6.07) is 7.57. The molecule has 1 aromatic carbocycles. The molecule has 1 fully saturated rings. The Morgan fingerprint density at radius 2 is 2.08 bits per heavy atom. The Morgan fingerprint density at radius 3 is 2.83 bits per heavy atom. The number of hydrogen-bond acceptors (Lipinski definition) is 3. The molecule has 130 valence electrons. The Labute approximate surface area is 141 Å². The number of carbonyl (C=O) groups excluding carboxylic acids is 1. The Morgan fingerprint density at radius 1 is 1.33 bits per heavy atom. The molecule has 0 bridgehead atoms. The molecule has 0 saturated carbocycles. The number of quaternary nitrogens is 1. The van der Waals surface area contributed by atoms with Crippen molar-refractivity contribution in [3.05, 3.63) is 34.8 Å². The van der Waals surface area contributed by atoms with E-state index < -0.39 is 5.76 Å². The zero-order valence-electron chi connectivity index (χ0n) is 14.2. The predicted molar refractivity (Wildman–Crippen MR) is 92.1 cm³/mol. The van der Waals surface area contributed by atoms with Gasteiger partial charge < -0.3 is 14.6 Å². The number of benzene rings is 1. The van der Waals surface area contributed by atoms with Crippen LogP contribution in [0, 0.1) is 0 Å². The first kappa shape index (κ1) is 16.8. The minimum absolute atomic E-state index is 0.0103. The molecule has 0 aliphatic carbocycles. The standard InChI is InChI=1S/C18H25N3O3/c1-2-10-20-11-7-14(8-12-20)19-17(22)9-13-21-15-5-3-4-6-16(15)24-18(21)23/h3-6,14H,2,7-13H2,1H3,(H,19,22)/p+1. The number of likely N-dealkylation sites (tertiary alicyclic amines) is 1. The van der Waals surface area contributed by atoms with Gasteiger partial charge in [-0.2, -0.15) is 0 Å². The number of para-hydroxylation sites is 2. The minimum atomic E-state index is -0.402. The van der Waals surface area contributed by atoms with Crippen molar-refractivity contribution in [3.63, 3.8) is 0 Å². The summed E-state index contributed by atoms with van der Waals surface area (Å²) in [7, 11) is 0. The number of oxazole rings is 1. The van der Waals surface area contributed by atoms with Gasteiger partial charge in [-0.15, -0.1) is 0 Å². The summed E-state index contributed by atoms with van der Waals surface area (Å²) in [5.41, 5.74) is 1.31. The lowest BCUT2D eigenvalue weighted by molar-refractivity contribution is -0.905. The molecule has 0 unspecified atom stereocenters. The Balaban J connectivity index is 1.51. The number of hydrogen-bond donors (Lipinski definition) is 2. The van der Waals surface area contributed by atoms with Crippen LogP contribution < -0.4 is 16.0 Å². The highest BCUT2D eigenvalue weighted by Gasteiger charge is 2.22. The van der Waals surface area contributed by atoms with E-state index in [0.717, 1.165) is 31.4 Å². The van der Waals surface area contributed by atoms with Crippen LogP contribution in [0.3, 0.4) is 0 Å². The van der Waals surface area contributed by atoms with Gasteiger partial charge in [-0.1, -0.05) is 19.1 Å². The first-order chi connectivity index (χ1) is 11.7. The van der Waals surface area contributed by atoms with Gasteiger partial charge in [0.25, 0.3) is 0 Å². The molecular weight excluding hydrogens is 306 g/mol. The fourth-order valence-electron chi connectivity index (χ4n) is 3.51. The minimum Gasteiger partial charge on any atom is -0.408 e. The molecule has 1 aliphatic rings. The van der Waals surface area contributed by atoms with E-state index in [1.54, 1.807) is 11.0 Å². The van der Waals surface area contributed by atoms with E-state index in [9.17, 15) is 9.59 Å². The fraction of sp³-hybridized carbons (Fsp3) is 0.556. The highest BCUT2D eigenvalue weighted by Crippen LogP contribution is 2.12. The smallest absolute Gasteiger partial charge is 0.408 e. The number of rotatable bonds is 6. The molecule has 1 aliphatic heterocycles. The summed E-state index contributed by atoms with van der Waals surface area (Å²) in [6.07, 6.45) is 3.58. The van der Waals surface area contributed by atoms with E-state index >= 15 is 0 Å². The second-order valence-corrected chi connectivity index (χ2v) is 6.58. The summed E-state index contributed by atoms with van der Waals surface area (Å²) < 4.78 is 6.72. The number of piperidine rings is 1. The number of aryl methyl sites for hydroxylation is 1. The molecule has 1 saturated heterocycles. The molecular formula is C18H26N3O3+. The fourth-order valence-corrected chi connectivity index (χ4v) is 3.51. The maximum atomic E-state index is 12.2. The molecule has 0 atom stereocenters. The molecule has 6 heteroatoms. The SMILES string of the molecule is CCC[NH+]1CCC(NC(=O)CCn2c(=O)oc3ccccc32)CC1. The zero-order chi connectivity index (χ0) is 16.9. The van der Waals surface area contributed by atoms with Crippen LogP contribution in [0.15, 0.2) is 33.5 Å². The Hall–Kier alpha value is -2.08. The zero-order valence-corrected chi connectivity index (χ0v) is 14.2. The van der Waals surface area contributed by atoms with Gasteiger partial charge in [0.15, 0.2) is 5.58 Å². The number of carbonyl (C=O) groups is 1. The van der Waals surface area contributed by atoms with Crippen molar-refractivity contribution in [2.45, 2.75) is 45.2 Å². The first-order valence-electron chi connectivity index (χ1n) is 8.88. The lowest BCUT2D eigenvalue weighted by Crippen LogP contribution is -3.13. The number of aromatic nitrogens is 1. The molecule has 24 heavy (non-hydrogen) atoms. The van der Waals surface area contributed by atoms with Gasteiger partial charge in [-0.25, -0.2) is 4.79 Å². The highest BCUT2D eigenvalue weighted by atomic mass is 16.4. The van der Waals surface area contributed by atoms with Crippen LogP contribution in [-0.4, -0.2) is 36.2 Å². The van der Waals surface area contributed by atoms with E-state index in [4.69, 9.17) is 4.42 Å². The van der Waals surface area contributed by atoms with Crippen LogP contribution in [-0.2, 0) is 11.3 Å². The van der Waals surface area contributed by atoms with Gasteiger partial charge in [0.1, 0.15) is 0 Å². The molecule has 6 nitrogen and oxygen atoms in total. The van der Waals surface area contributed by atoms with Crippen molar-refractivity contribution in [2.75, 3.05) is 19.6 Å². The third kappa shape index (κ3) is 3.87. The van der Waals surface area contributed by atoms with Gasteiger partial charge in [0.05, 0.1) is 25.2 Å². The third-order valence-electron chi connectivity index (χ3n) is 4.80. The molecule has 2 N–H and O–H groups in total. The Kier molecular flexibility index (Phi) is 5.35. The van der Waals surface area contributed by atoms with Gasteiger partial charge in [-0.05, 0) is 18.6 Å². The van der Waals surface area contributed by atoms with Crippen molar-refractivity contribution >= 4 is 17.0 Å². The van der Waals surface area contributed by atoms with Crippen molar-refractivity contribution in [2.24, 2.45) is 0 Å². The summed E-state index contributed by atoms with van der Waals surface area (Å²) in [4.78, 5) is 25.7. The monoisotopic (exact) mass is 332 g/mol. The van der Waals surface area contributed by atoms with Gasteiger partial charge >= 0.3 is 5.76 Å². The van der Waals surface area contributed by atoms with E-state index in [0.29, 0.717) is 18.5 Å². The number of amides is 1. The molecule has 0 radical (unpaired) electrons. The van der Waals surface area contributed by atoms with Crippen LogP contribution >= 0.6 is 0 Å². The largest absolute Gasteiger partial charge is 0.419 e. The van der Waals surface area contributed by atoms with E-state index in [1.807, 2.05) is 18.2 Å². The molecule has 2 aromatic rings. The van der Waals surface area contributed by atoms with Crippen LogP contribution in [0.4, 0.5) is 0 Å². The van der Waals surface area contributed by atoms with Crippen LogP contribution in [0.25, 0.3) is 11.1 Å². The number of nitrogens with one attached hydrogen (secondary N) is 2. The maximum absolute atomic E-state index is 12.2. The number of nitrogens with zero attached hydrogens (tertiary/aromatic N) is 1. The molecule has 1 aromatic heterocycles. The molecule has 2 heterocycles. The van der Waals surface area contributed by atoms with Crippen molar-refractivity contribution < 1.29 is 14.1 Å². The third-order valence-corrected chi connectivity index (χ3v) is 4.80. The first-order valence-corrected chi connectivity index (χ1v) is 8.88. The lowest BCUT2D eigenvalue weighted by atomic mass is 10.0. The average molecular weight is 332 g/mol. The Bertz CT molecular complexity index is 741. The normalized spacial score (nSPS) is 21.0. The van der Waals surface area contributed by atoms with Crippen LogP contribution in [0.1, 0.15) is 32.6 Å². The van der Waals surface area contributed by atoms with Crippen LogP contribution in [0.2, 0.25) is 0 Å². The highest BCUT2D eigenvalue weighted by molar-refractivity contribution is 5.77. The topological polar surface area (TPSA) is 68.7 Å². The molecule has 0 spiro atoms. The van der Waals surface area contributed by atoms with Crippen molar-refractivity contribution in [1.29, 1.82) is 0 Å². The summed E-state index contributed by atoms with van der Waals surface area (Å²) in [5.74, 6) is -0.392. The van der Waals surface area contributed by atoms with Crippen molar-refractivity contribution in [1.82, 2.24) is 9.88 Å². The molecule has 1 amide bonds. The maximum Gasteiger partial charge on any atom is 0.419 e. The van der Waals surface area contributed by atoms with Gasteiger partial charge in [-0.3, -0.25) is 9.36 Å².